The Kier molecular flexibility index (Phi) is 2.83. The van der Waals surface area contributed by atoms with Gasteiger partial charge in [0.05, 0.1) is 18.2 Å². The fourth-order valence-electron chi connectivity index (χ4n) is 2.39. The summed E-state index contributed by atoms with van der Waals surface area (Å²) in [5.74, 6) is 0.799. The van der Waals surface area contributed by atoms with Gasteiger partial charge >= 0.3 is 0 Å². The molecule has 1 aliphatic heterocycles. The molecule has 0 aliphatic carbocycles. The Morgan fingerprint density at radius 3 is 3.00 bits per heavy atom. The molecule has 5 nitrogen and oxygen atoms in total. The van der Waals surface area contributed by atoms with Gasteiger partial charge in [0.1, 0.15) is 5.69 Å². The molecule has 2 aromatic heterocycles. The summed E-state index contributed by atoms with van der Waals surface area (Å²) in [4.78, 5) is 13.5. The van der Waals surface area contributed by atoms with Crippen molar-refractivity contribution >= 4 is 0 Å². The Bertz CT molecular complexity index is 556. The molecule has 0 spiro atoms. The number of nitrogens with zero attached hydrogens (tertiary/aromatic N) is 4. The van der Waals surface area contributed by atoms with E-state index in [9.17, 15) is 0 Å². The van der Waals surface area contributed by atoms with E-state index < -0.39 is 0 Å². The van der Waals surface area contributed by atoms with Gasteiger partial charge in [-0.15, -0.1) is 0 Å². The SMILES string of the molecule is CCc1nc(-c2cncn2C)nc2c1CNCC2. The summed E-state index contributed by atoms with van der Waals surface area (Å²) < 4.78 is 1.96. The number of rotatable bonds is 2. The second kappa shape index (κ2) is 4.49. The highest BCUT2D eigenvalue weighted by molar-refractivity contribution is 5.50. The molecule has 3 heterocycles. The van der Waals surface area contributed by atoms with Crippen LogP contribution in [0.25, 0.3) is 11.5 Å². The number of hydrogen-bond acceptors (Lipinski definition) is 4. The van der Waals surface area contributed by atoms with Gasteiger partial charge in [-0.05, 0) is 6.42 Å². The van der Waals surface area contributed by atoms with Crippen molar-refractivity contribution in [3.05, 3.63) is 29.5 Å². The van der Waals surface area contributed by atoms with Crippen molar-refractivity contribution < 1.29 is 0 Å². The predicted molar refractivity (Wildman–Crippen MR) is 69.0 cm³/mol. The minimum absolute atomic E-state index is 0.799. The maximum Gasteiger partial charge on any atom is 0.178 e. The summed E-state index contributed by atoms with van der Waals surface area (Å²) in [7, 11) is 1.97. The van der Waals surface area contributed by atoms with E-state index in [0.717, 1.165) is 43.1 Å². The fourth-order valence-corrected chi connectivity index (χ4v) is 2.39. The van der Waals surface area contributed by atoms with E-state index in [1.54, 1.807) is 6.33 Å². The van der Waals surface area contributed by atoms with Gasteiger partial charge in [0, 0.05) is 37.8 Å². The Morgan fingerprint density at radius 1 is 1.39 bits per heavy atom. The number of hydrogen-bond donors (Lipinski definition) is 1. The Morgan fingerprint density at radius 2 is 2.28 bits per heavy atom. The molecule has 5 heteroatoms. The smallest absolute Gasteiger partial charge is 0.178 e. The monoisotopic (exact) mass is 243 g/mol. The third kappa shape index (κ3) is 1.80. The van der Waals surface area contributed by atoms with Gasteiger partial charge in [0.15, 0.2) is 5.82 Å². The van der Waals surface area contributed by atoms with Crippen LogP contribution in [0.3, 0.4) is 0 Å². The zero-order chi connectivity index (χ0) is 12.5. The van der Waals surface area contributed by atoms with E-state index in [2.05, 4.69) is 17.2 Å². The molecule has 0 unspecified atom stereocenters. The average Bonchev–Trinajstić information content (AvgIpc) is 2.83. The van der Waals surface area contributed by atoms with Gasteiger partial charge in [-0.25, -0.2) is 15.0 Å². The van der Waals surface area contributed by atoms with Crippen LogP contribution in [0.15, 0.2) is 12.5 Å². The van der Waals surface area contributed by atoms with E-state index in [1.807, 2.05) is 17.8 Å². The third-order valence-corrected chi connectivity index (χ3v) is 3.40. The average molecular weight is 243 g/mol. The molecule has 0 atom stereocenters. The second-order valence-corrected chi connectivity index (χ2v) is 4.59. The lowest BCUT2D eigenvalue weighted by Gasteiger charge is -2.19. The zero-order valence-corrected chi connectivity index (χ0v) is 10.8. The van der Waals surface area contributed by atoms with Crippen LogP contribution < -0.4 is 5.32 Å². The Hall–Kier alpha value is -1.75. The van der Waals surface area contributed by atoms with Crippen molar-refractivity contribution in [1.29, 1.82) is 0 Å². The van der Waals surface area contributed by atoms with E-state index >= 15 is 0 Å². The number of aryl methyl sites for hydroxylation is 2. The highest BCUT2D eigenvalue weighted by atomic mass is 15.1. The van der Waals surface area contributed by atoms with E-state index in [-0.39, 0.29) is 0 Å². The number of nitrogens with one attached hydrogen (secondary N) is 1. The molecule has 0 amide bonds. The molecule has 3 rings (SSSR count). The number of aromatic nitrogens is 4. The fraction of sp³-hybridized carbons (Fsp3) is 0.462. The van der Waals surface area contributed by atoms with E-state index in [1.165, 1.54) is 11.3 Å². The number of imidazole rings is 1. The Labute approximate surface area is 106 Å². The minimum Gasteiger partial charge on any atom is -0.331 e. The Balaban J connectivity index is 2.14. The van der Waals surface area contributed by atoms with E-state index in [0.29, 0.717) is 0 Å². The quantitative estimate of drug-likeness (QED) is 0.857. The van der Waals surface area contributed by atoms with Crippen molar-refractivity contribution in [3.63, 3.8) is 0 Å². The van der Waals surface area contributed by atoms with Gasteiger partial charge in [0.2, 0.25) is 0 Å². The third-order valence-electron chi connectivity index (χ3n) is 3.40. The molecule has 0 saturated heterocycles. The molecule has 0 saturated carbocycles. The van der Waals surface area contributed by atoms with Crippen LogP contribution in [-0.4, -0.2) is 26.1 Å². The summed E-state index contributed by atoms with van der Waals surface area (Å²) in [5.41, 5.74) is 4.61. The van der Waals surface area contributed by atoms with E-state index in [4.69, 9.17) is 9.97 Å². The zero-order valence-electron chi connectivity index (χ0n) is 10.8. The van der Waals surface area contributed by atoms with Crippen LogP contribution in [0.5, 0.6) is 0 Å². The van der Waals surface area contributed by atoms with Crippen molar-refractivity contribution in [2.24, 2.45) is 7.05 Å². The van der Waals surface area contributed by atoms with Crippen LogP contribution in [0.1, 0.15) is 23.9 Å². The van der Waals surface area contributed by atoms with Crippen molar-refractivity contribution in [2.45, 2.75) is 26.3 Å². The van der Waals surface area contributed by atoms with Crippen molar-refractivity contribution in [1.82, 2.24) is 24.8 Å². The normalized spacial score (nSPS) is 14.6. The molecule has 0 aromatic carbocycles. The minimum atomic E-state index is 0.799. The topological polar surface area (TPSA) is 55.6 Å². The molecule has 0 bridgehead atoms. The standard InChI is InChI=1S/C13H17N5/c1-3-10-9-6-14-5-4-11(9)17-13(16-10)12-7-15-8-18(12)2/h7-8,14H,3-6H2,1-2H3. The summed E-state index contributed by atoms with van der Waals surface area (Å²) in [6.45, 7) is 4.03. The van der Waals surface area contributed by atoms with Gasteiger partial charge in [-0.1, -0.05) is 6.92 Å². The molecule has 94 valence electrons. The molecular weight excluding hydrogens is 226 g/mol. The molecule has 2 aromatic rings. The molecule has 0 radical (unpaired) electrons. The first-order valence-electron chi connectivity index (χ1n) is 6.35. The molecular formula is C13H17N5. The van der Waals surface area contributed by atoms with Gasteiger partial charge < -0.3 is 9.88 Å². The van der Waals surface area contributed by atoms with Crippen LogP contribution in [0, 0.1) is 0 Å². The summed E-state index contributed by atoms with van der Waals surface area (Å²) in [6.07, 6.45) is 5.53. The second-order valence-electron chi connectivity index (χ2n) is 4.59. The first kappa shape index (κ1) is 11.3. The molecule has 0 fully saturated rings. The largest absolute Gasteiger partial charge is 0.331 e. The van der Waals surface area contributed by atoms with Gasteiger partial charge in [-0.3, -0.25) is 0 Å². The van der Waals surface area contributed by atoms with Crippen molar-refractivity contribution in [2.75, 3.05) is 6.54 Å². The van der Waals surface area contributed by atoms with Crippen LogP contribution in [0.2, 0.25) is 0 Å². The molecule has 1 N–H and O–H groups in total. The lowest BCUT2D eigenvalue weighted by atomic mass is 10.0. The maximum absolute atomic E-state index is 4.71. The van der Waals surface area contributed by atoms with Gasteiger partial charge in [-0.2, -0.15) is 0 Å². The van der Waals surface area contributed by atoms with Crippen LogP contribution in [0.4, 0.5) is 0 Å². The summed E-state index contributed by atoms with van der Waals surface area (Å²) >= 11 is 0. The molecule has 18 heavy (non-hydrogen) atoms. The first-order valence-corrected chi connectivity index (χ1v) is 6.35. The summed E-state index contributed by atoms with van der Waals surface area (Å²) in [5, 5.41) is 3.38. The lowest BCUT2D eigenvalue weighted by Crippen LogP contribution is -2.26. The summed E-state index contributed by atoms with van der Waals surface area (Å²) in [6, 6.07) is 0. The van der Waals surface area contributed by atoms with Crippen LogP contribution >= 0.6 is 0 Å². The lowest BCUT2D eigenvalue weighted by molar-refractivity contribution is 0.617. The van der Waals surface area contributed by atoms with Crippen molar-refractivity contribution in [3.8, 4) is 11.5 Å². The highest BCUT2D eigenvalue weighted by Crippen LogP contribution is 2.21. The van der Waals surface area contributed by atoms with Crippen LogP contribution in [-0.2, 0) is 26.4 Å². The highest BCUT2D eigenvalue weighted by Gasteiger charge is 2.18. The van der Waals surface area contributed by atoms with Gasteiger partial charge in [0.25, 0.3) is 0 Å². The maximum atomic E-state index is 4.71. The first-order chi connectivity index (χ1) is 8.79. The predicted octanol–water partition coefficient (Wildman–Crippen LogP) is 1.09. The molecule has 1 aliphatic rings. The number of fused-ring (bicyclic) bond motifs is 1.